The van der Waals surface area contributed by atoms with E-state index in [-0.39, 0.29) is 23.0 Å². The van der Waals surface area contributed by atoms with Gasteiger partial charge in [0.05, 0.1) is 25.6 Å². The number of H-pyrrole nitrogens is 1. The molecule has 2 aromatic carbocycles. The average Bonchev–Trinajstić information content (AvgIpc) is 3.39. The number of ether oxygens (including phenoxy) is 2. The number of carbonyl (C=O) groups is 1. The van der Waals surface area contributed by atoms with Crippen LogP contribution >= 0.6 is 0 Å². The van der Waals surface area contributed by atoms with Crippen LogP contribution in [0.1, 0.15) is 61.8 Å². The zero-order valence-electron chi connectivity index (χ0n) is 24.0. The number of benzene rings is 2. The minimum Gasteiger partial charge on any atom is -0.494 e. The Balaban J connectivity index is 1.51. The number of nitrogens with zero attached hydrogens (tertiary/aromatic N) is 2. The lowest BCUT2D eigenvalue weighted by Gasteiger charge is -2.30. The number of aromatic nitrogens is 2. The molecule has 5 rings (SSSR count). The summed E-state index contributed by atoms with van der Waals surface area (Å²) < 4.78 is 40.9. The Morgan fingerprint density at radius 2 is 1.85 bits per heavy atom. The summed E-state index contributed by atoms with van der Waals surface area (Å²) in [6.07, 6.45) is 7.45. The third-order valence-electron chi connectivity index (χ3n) is 8.50. The second-order valence-corrected chi connectivity index (χ2v) is 11.1. The second-order valence-electron chi connectivity index (χ2n) is 11.1. The maximum absolute atomic E-state index is 15.3. The van der Waals surface area contributed by atoms with Gasteiger partial charge in [0.2, 0.25) is 5.91 Å². The standard InChI is InChI=1S/C32H38F2N4O3/c1-5-28(39)35-24-12-10-21(38-14-7-6-8-19(2)13-15-38)17-23(24)32-22-11-9-20(16-25(22)36-37-32)29-30(33)26(40-3)18-27(41-4)31(29)34/h5,10,12,17-20H,1,6-9,11,13-16H2,2-4H3,(H,35,39)(H,36,37)/t19-,20?/m1/s1. The number of aromatic amines is 1. The highest BCUT2D eigenvalue weighted by Crippen LogP contribution is 2.43. The summed E-state index contributed by atoms with van der Waals surface area (Å²) in [7, 11) is 2.70. The number of hydrogen-bond acceptors (Lipinski definition) is 5. The molecule has 2 heterocycles. The van der Waals surface area contributed by atoms with Gasteiger partial charge >= 0.3 is 0 Å². The summed E-state index contributed by atoms with van der Waals surface area (Å²) in [5.41, 5.74) is 5.06. The molecular formula is C32H38F2N4O3. The van der Waals surface area contributed by atoms with Crippen LogP contribution in [0.4, 0.5) is 20.2 Å². The van der Waals surface area contributed by atoms with Gasteiger partial charge in [-0.1, -0.05) is 26.3 Å². The predicted octanol–water partition coefficient (Wildman–Crippen LogP) is 6.79. The highest BCUT2D eigenvalue weighted by atomic mass is 19.1. The molecule has 7 nitrogen and oxygen atoms in total. The lowest BCUT2D eigenvalue weighted by atomic mass is 9.81. The van der Waals surface area contributed by atoms with Crippen LogP contribution in [0.25, 0.3) is 11.3 Å². The van der Waals surface area contributed by atoms with E-state index in [4.69, 9.17) is 9.47 Å². The number of fused-ring (bicyclic) bond motifs is 1. The highest BCUT2D eigenvalue weighted by Gasteiger charge is 2.32. The number of nitrogens with one attached hydrogen (secondary N) is 2. The zero-order valence-corrected chi connectivity index (χ0v) is 24.0. The molecule has 1 aliphatic heterocycles. The van der Waals surface area contributed by atoms with Gasteiger partial charge in [0.25, 0.3) is 0 Å². The van der Waals surface area contributed by atoms with E-state index < -0.39 is 17.6 Å². The molecule has 1 aliphatic carbocycles. The third-order valence-corrected chi connectivity index (χ3v) is 8.50. The Bertz CT molecular complexity index is 1410. The highest BCUT2D eigenvalue weighted by molar-refractivity contribution is 6.02. The largest absolute Gasteiger partial charge is 0.494 e. The predicted molar refractivity (Wildman–Crippen MR) is 157 cm³/mol. The van der Waals surface area contributed by atoms with Crippen LogP contribution in [0.15, 0.2) is 36.9 Å². The van der Waals surface area contributed by atoms with Crippen molar-refractivity contribution in [1.82, 2.24) is 10.2 Å². The van der Waals surface area contributed by atoms with Crippen molar-refractivity contribution in [3.8, 4) is 22.8 Å². The van der Waals surface area contributed by atoms with E-state index >= 15 is 8.78 Å². The Morgan fingerprint density at radius 3 is 2.56 bits per heavy atom. The molecule has 1 saturated heterocycles. The number of carbonyl (C=O) groups excluding carboxylic acids is 1. The molecule has 41 heavy (non-hydrogen) atoms. The first kappa shape index (κ1) is 28.6. The van der Waals surface area contributed by atoms with Crippen LogP contribution in [0.3, 0.4) is 0 Å². The van der Waals surface area contributed by atoms with E-state index in [1.54, 1.807) is 0 Å². The molecule has 0 radical (unpaired) electrons. The number of rotatable bonds is 7. The maximum Gasteiger partial charge on any atom is 0.247 e. The van der Waals surface area contributed by atoms with Crippen molar-refractivity contribution in [3.63, 3.8) is 0 Å². The van der Waals surface area contributed by atoms with Gasteiger partial charge in [0, 0.05) is 47.2 Å². The van der Waals surface area contributed by atoms with Crippen molar-refractivity contribution in [1.29, 1.82) is 0 Å². The third kappa shape index (κ3) is 5.80. The molecule has 9 heteroatoms. The SMILES string of the molecule is C=CC(=O)Nc1ccc(N2CCCC[C@@H](C)CC2)cc1-c1n[nH]c2c1CCC(c1c(F)c(OC)cc(OC)c1F)C2. The summed E-state index contributed by atoms with van der Waals surface area (Å²) in [5.74, 6) is -1.54. The lowest BCUT2D eigenvalue weighted by molar-refractivity contribution is -0.111. The Morgan fingerprint density at radius 1 is 1.10 bits per heavy atom. The van der Waals surface area contributed by atoms with Gasteiger partial charge in [0.15, 0.2) is 23.1 Å². The number of halogens is 2. The second kappa shape index (κ2) is 12.3. The van der Waals surface area contributed by atoms with Gasteiger partial charge in [0.1, 0.15) is 0 Å². The fourth-order valence-corrected chi connectivity index (χ4v) is 6.14. The molecule has 1 amide bonds. The summed E-state index contributed by atoms with van der Waals surface area (Å²) in [5, 5.41) is 10.7. The summed E-state index contributed by atoms with van der Waals surface area (Å²) in [4.78, 5) is 14.7. The van der Waals surface area contributed by atoms with E-state index in [2.05, 4.69) is 40.0 Å². The smallest absolute Gasteiger partial charge is 0.247 e. The topological polar surface area (TPSA) is 79.5 Å². The fraction of sp³-hybridized carbons (Fsp3) is 0.438. The molecule has 0 saturated carbocycles. The average molecular weight is 565 g/mol. The first-order valence-corrected chi connectivity index (χ1v) is 14.3. The van der Waals surface area contributed by atoms with Crippen molar-refractivity contribution in [2.24, 2.45) is 5.92 Å². The van der Waals surface area contributed by atoms with Crippen molar-refractivity contribution in [2.75, 3.05) is 37.5 Å². The first-order chi connectivity index (χ1) is 19.8. The minimum absolute atomic E-state index is 0.0322. The number of amides is 1. The number of anilines is 2. The van der Waals surface area contributed by atoms with Crippen LogP contribution in [-0.4, -0.2) is 43.4 Å². The Hall–Kier alpha value is -3.88. The zero-order chi connectivity index (χ0) is 29.1. The van der Waals surface area contributed by atoms with Crippen molar-refractivity contribution >= 4 is 17.3 Å². The van der Waals surface area contributed by atoms with Crippen molar-refractivity contribution in [3.05, 3.63) is 65.4 Å². The van der Waals surface area contributed by atoms with Crippen LogP contribution < -0.4 is 19.7 Å². The minimum atomic E-state index is -0.705. The van der Waals surface area contributed by atoms with Gasteiger partial charge in [-0.05, 0) is 68.2 Å². The Labute approximate surface area is 239 Å². The van der Waals surface area contributed by atoms with Crippen LogP contribution in [0.2, 0.25) is 0 Å². The molecule has 218 valence electrons. The van der Waals surface area contributed by atoms with Crippen molar-refractivity contribution in [2.45, 2.75) is 57.8 Å². The van der Waals surface area contributed by atoms with Crippen LogP contribution in [-0.2, 0) is 17.6 Å². The Kier molecular flexibility index (Phi) is 8.61. The molecule has 0 bridgehead atoms. The van der Waals surface area contributed by atoms with E-state index in [0.29, 0.717) is 30.9 Å². The number of methoxy groups -OCH3 is 2. The molecule has 3 aromatic rings. The summed E-state index contributed by atoms with van der Waals surface area (Å²) in [6.45, 7) is 7.85. The molecule has 1 unspecified atom stereocenters. The van der Waals surface area contributed by atoms with E-state index in [1.165, 1.54) is 39.2 Å². The first-order valence-electron chi connectivity index (χ1n) is 14.3. The maximum atomic E-state index is 15.3. The molecule has 2 aliphatic rings. The van der Waals surface area contributed by atoms with Crippen LogP contribution in [0, 0.1) is 17.6 Å². The lowest BCUT2D eigenvalue weighted by Crippen LogP contribution is -2.28. The monoisotopic (exact) mass is 564 g/mol. The summed E-state index contributed by atoms with van der Waals surface area (Å²) in [6, 6.07) is 7.30. The van der Waals surface area contributed by atoms with Gasteiger partial charge in [-0.2, -0.15) is 5.10 Å². The molecular weight excluding hydrogens is 526 g/mol. The normalized spacial score (nSPS) is 19.1. The molecule has 0 spiro atoms. The fourth-order valence-electron chi connectivity index (χ4n) is 6.14. The van der Waals surface area contributed by atoms with Gasteiger partial charge in [-0.3, -0.25) is 9.89 Å². The molecule has 1 fully saturated rings. The van der Waals surface area contributed by atoms with E-state index in [1.807, 2.05) is 12.1 Å². The molecule has 2 N–H and O–H groups in total. The molecule has 2 atom stereocenters. The quantitative estimate of drug-likeness (QED) is 0.309. The van der Waals surface area contributed by atoms with E-state index in [0.717, 1.165) is 54.1 Å². The van der Waals surface area contributed by atoms with Gasteiger partial charge in [-0.15, -0.1) is 0 Å². The number of hydrogen-bond donors (Lipinski definition) is 2. The van der Waals surface area contributed by atoms with Crippen molar-refractivity contribution < 1.29 is 23.0 Å². The van der Waals surface area contributed by atoms with Gasteiger partial charge in [-0.25, -0.2) is 8.78 Å². The molecule has 1 aromatic heterocycles. The van der Waals surface area contributed by atoms with Gasteiger partial charge < -0.3 is 19.7 Å². The summed E-state index contributed by atoms with van der Waals surface area (Å²) >= 11 is 0. The van der Waals surface area contributed by atoms with Crippen LogP contribution in [0.5, 0.6) is 11.5 Å². The van der Waals surface area contributed by atoms with E-state index in [9.17, 15) is 4.79 Å².